The summed E-state index contributed by atoms with van der Waals surface area (Å²) in [4.78, 5) is 0. The molecule has 0 saturated heterocycles. The minimum absolute atomic E-state index is 0.754. The Kier molecular flexibility index (Phi) is 11.7. The van der Waals surface area contributed by atoms with Gasteiger partial charge in [0.25, 0.3) is 0 Å². The summed E-state index contributed by atoms with van der Waals surface area (Å²) in [6, 6.07) is 17.3. The topological polar surface area (TPSA) is 0 Å². The molecule has 2 aromatic rings. The molecule has 1 fully saturated rings. The maximum Gasteiger partial charge on any atom is 0.0484 e. The number of hydrogen-bond acceptors (Lipinski definition) is 0. The van der Waals surface area contributed by atoms with Crippen molar-refractivity contribution in [1.29, 1.82) is 0 Å². The van der Waals surface area contributed by atoms with E-state index in [-0.39, 0.29) is 0 Å². The molecule has 0 aromatic heterocycles. The Balaban J connectivity index is 1.26. The summed E-state index contributed by atoms with van der Waals surface area (Å²) < 4.78 is 0. The van der Waals surface area contributed by atoms with E-state index < -0.39 is 0 Å². The zero-order chi connectivity index (χ0) is 22.4. The van der Waals surface area contributed by atoms with Crippen molar-refractivity contribution in [3.8, 4) is 11.1 Å². The molecule has 0 nitrogen and oxygen atoms in total. The van der Waals surface area contributed by atoms with Crippen LogP contribution in [0.1, 0.15) is 121 Å². The van der Waals surface area contributed by atoms with E-state index in [2.05, 4.69) is 43.3 Å². The molecular formula is C31H45Cl. The van der Waals surface area contributed by atoms with Crippen LogP contribution in [0.4, 0.5) is 0 Å². The van der Waals surface area contributed by atoms with Gasteiger partial charge in [0.05, 0.1) is 0 Å². The van der Waals surface area contributed by atoms with Crippen molar-refractivity contribution in [2.45, 2.75) is 116 Å². The van der Waals surface area contributed by atoms with Crippen molar-refractivity contribution in [3.05, 3.63) is 59.1 Å². The second kappa shape index (κ2) is 14.8. The van der Waals surface area contributed by atoms with Crippen LogP contribution >= 0.6 is 11.6 Å². The van der Waals surface area contributed by atoms with E-state index in [0.717, 1.165) is 22.4 Å². The molecule has 0 heterocycles. The summed E-state index contributed by atoms with van der Waals surface area (Å²) in [6.07, 6.45) is 23.0. The van der Waals surface area contributed by atoms with E-state index in [1.54, 1.807) is 0 Å². The Morgan fingerprint density at radius 3 is 1.81 bits per heavy atom. The van der Waals surface area contributed by atoms with Gasteiger partial charge in [-0.25, -0.2) is 0 Å². The van der Waals surface area contributed by atoms with Gasteiger partial charge in [-0.05, 0) is 54.7 Å². The molecule has 0 unspecified atom stereocenters. The standard InChI is InChI=1S/C31H45Cl/c1-2-3-4-5-6-7-8-9-10-11-12-15-26-18-20-27(21-19-26)28-22-24-29(25-23-28)30-16-13-14-17-31(30)32/h13-14,16-17,22-27H,2-12,15,18-21H2,1H3. The third kappa shape index (κ3) is 8.58. The molecule has 32 heavy (non-hydrogen) atoms. The number of benzene rings is 2. The highest BCUT2D eigenvalue weighted by Crippen LogP contribution is 2.38. The number of rotatable bonds is 14. The molecule has 176 valence electrons. The van der Waals surface area contributed by atoms with Gasteiger partial charge in [-0.1, -0.05) is 138 Å². The fourth-order valence-corrected chi connectivity index (χ4v) is 5.76. The molecule has 1 aliphatic rings. The van der Waals surface area contributed by atoms with Gasteiger partial charge in [0, 0.05) is 10.6 Å². The van der Waals surface area contributed by atoms with Crippen molar-refractivity contribution >= 4 is 11.6 Å². The van der Waals surface area contributed by atoms with E-state index in [0.29, 0.717) is 0 Å². The first-order chi connectivity index (χ1) is 15.8. The van der Waals surface area contributed by atoms with Gasteiger partial charge in [-0.3, -0.25) is 0 Å². The Labute approximate surface area is 203 Å². The van der Waals surface area contributed by atoms with Gasteiger partial charge < -0.3 is 0 Å². The summed E-state index contributed by atoms with van der Waals surface area (Å²) in [6.45, 7) is 2.30. The van der Waals surface area contributed by atoms with Gasteiger partial charge in [0.2, 0.25) is 0 Å². The minimum atomic E-state index is 0.754. The molecule has 0 radical (unpaired) electrons. The molecule has 3 rings (SSSR count). The molecule has 1 aliphatic carbocycles. The number of hydrogen-bond donors (Lipinski definition) is 0. The third-order valence-electron chi connectivity index (χ3n) is 7.63. The maximum absolute atomic E-state index is 6.37. The molecular weight excluding hydrogens is 408 g/mol. The lowest BCUT2D eigenvalue weighted by atomic mass is 9.77. The first-order valence-electron chi connectivity index (χ1n) is 13.6. The molecule has 0 atom stereocenters. The number of halogens is 1. The van der Waals surface area contributed by atoms with Crippen LogP contribution in [0.15, 0.2) is 48.5 Å². The lowest BCUT2D eigenvalue weighted by Crippen LogP contribution is -2.13. The van der Waals surface area contributed by atoms with Crippen LogP contribution in [-0.4, -0.2) is 0 Å². The zero-order valence-electron chi connectivity index (χ0n) is 20.5. The lowest BCUT2D eigenvalue weighted by molar-refractivity contribution is 0.301. The Bertz CT molecular complexity index is 739. The van der Waals surface area contributed by atoms with Crippen molar-refractivity contribution in [2.24, 2.45) is 5.92 Å². The van der Waals surface area contributed by atoms with Crippen LogP contribution in [0.5, 0.6) is 0 Å². The van der Waals surface area contributed by atoms with Gasteiger partial charge in [-0.2, -0.15) is 0 Å². The van der Waals surface area contributed by atoms with Crippen molar-refractivity contribution in [2.75, 3.05) is 0 Å². The molecule has 0 N–H and O–H groups in total. The lowest BCUT2D eigenvalue weighted by Gasteiger charge is -2.29. The largest absolute Gasteiger partial charge is 0.0837 e. The Morgan fingerprint density at radius 2 is 1.22 bits per heavy atom. The first-order valence-corrected chi connectivity index (χ1v) is 14.0. The monoisotopic (exact) mass is 452 g/mol. The SMILES string of the molecule is CCCCCCCCCCCCCC1CCC(c2ccc(-c3ccccc3Cl)cc2)CC1. The fraction of sp³-hybridized carbons (Fsp3) is 0.613. The smallest absolute Gasteiger partial charge is 0.0484 e. The van der Waals surface area contributed by atoms with Crippen LogP contribution in [-0.2, 0) is 0 Å². The van der Waals surface area contributed by atoms with E-state index in [1.807, 2.05) is 12.1 Å². The fourth-order valence-electron chi connectivity index (χ4n) is 5.51. The summed E-state index contributed by atoms with van der Waals surface area (Å²) in [5.74, 6) is 1.73. The van der Waals surface area contributed by atoms with Gasteiger partial charge in [-0.15, -0.1) is 0 Å². The van der Waals surface area contributed by atoms with E-state index in [9.17, 15) is 0 Å². The zero-order valence-corrected chi connectivity index (χ0v) is 21.2. The predicted molar refractivity (Wildman–Crippen MR) is 143 cm³/mol. The quantitative estimate of drug-likeness (QED) is 0.250. The molecule has 1 heteroatoms. The second-order valence-corrected chi connectivity index (χ2v) is 10.6. The van der Waals surface area contributed by atoms with Crippen LogP contribution < -0.4 is 0 Å². The summed E-state index contributed by atoms with van der Waals surface area (Å²) in [7, 11) is 0. The molecule has 0 aliphatic heterocycles. The highest BCUT2D eigenvalue weighted by atomic mass is 35.5. The highest BCUT2D eigenvalue weighted by molar-refractivity contribution is 6.33. The predicted octanol–water partition coefficient (Wildman–Crippen LogP) is 11.0. The van der Waals surface area contributed by atoms with Crippen LogP contribution in [0, 0.1) is 5.92 Å². The molecule has 2 aromatic carbocycles. The van der Waals surface area contributed by atoms with Crippen molar-refractivity contribution in [3.63, 3.8) is 0 Å². The molecule has 1 saturated carbocycles. The van der Waals surface area contributed by atoms with Gasteiger partial charge in [0.15, 0.2) is 0 Å². The highest BCUT2D eigenvalue weighted by Gasteiger charge is 2.22. The van der Waals surface area contributed by atoms with Crippen LogP contribution in [0.3, 0.4) is 0 Å². The maximum atomic E-state index is 6.37. The summed E-state index contributed by atoms with van der Waals surface area (Å²) in [5.41, 5.74) is 3.88. The average Bonchev–Trinajstić information content (AvgIpc) is 2.83. The van der Waals surface area contributed by atoms with Gasteiger partial charge >= 0.3 is 0 Å². The second-order valence-electron chi connectivity index (χ2n) is 10.1. The van der Waals surface area contributed by atoms with Gasteiger partial charge in [0.1, 0.15) is 0 Å². The van der Waals surface area contributed by atoms with Crippen molar-refractivity contribution < 1.29 is 0 Å². The first kappa shape index (κ1) is 25.4. The normalized spacial score (nSPS) is 18.7. The average molecular weight is 453 g/mol. The van der Waals surface area contributed by atoms with Crippen LogP contribution in [0.25, 0.3) is 11.1 Å². The van der Waals surface area contributed by atoms with Crippen molar-refractivity contribution in [1.82, 2.24) is 0 Å². The molecule has 0 amide bonds. The third-order valence-corrected chi connectivity index (χ3v) is 7.96. The number of unbranched alkanes of at least 4 members (excludes halogenated alkanes) is 10. The Hall–Kier alpha value is -1.27. The van der Waals surface area contributed by atoms with E-state index >= 15 is 0 Å². The van der Waals surface area contributed by atoms with E-state index in [4.69, 9.17) is 11.6 Å². The molecule has 0 spiro atoms. The van der Waals surface area contributed by atoms with Crippen LogP contribution in [0.2, 0.25) is 5.02 Å². The molecule has 0 bridgehead atoms. The summed E-state index contributed by atoms with van der Waals surface area (Å²) >= 11 is 6.37. The summed E-state index contributed by atoms with van der Waals surface area (Å²) in [5, 5.41) is 0.836. The van der Waals surface area contributed by atoms with E-state index in [1.165, 1.54) is 114 Å². The minimum Gasteiger partial charge on any atom is -0.0837 e. The Morgan fingerprint density at radius 1 is 0.656 bits per heavy atom.